The van der Waals surface area contributed by atoms with Crippen molar-refractivity contribution in [3.8, 4) is 11.6 Å². The van der Waals surface area contributed by atoms with Gasteiger partial charge in [0.2, 0.25) is 11.8 Å². The lowest BCUT2D eigenvalue weighted by atomic mass is 9.96. The number of piperidine rings is 1. The minimum absolute atomic E-state index is 0.0591. The lowest BCUT2D eigenvalue weighted by Gasteiger charge is -2.33. The Kier molecular flexibility index (Phi) is 4.76. The molecule has 2 aliphatic heterocycles. The molecular formula is C18H20FN3O3. The van der Waals surface area contributed by atoms with Crippen LogP contribution in [0.5, 0.6) is 11.6 Å². The zero-order valence-electron chi connectivity index (χ0n) is 13.8. The molecule has 2 fully saturated rings. The smallest absolute Gasteiger partial charge is 0.228 e. The van der Waals surface area contributed by atoms with Crippen molar-refractivity contribution in [3.63, 3.8) is 0 Å². The summed E-state index contributed by atoms with van der Waals surface area (Å²) in [6, 6.07) is 7.55. The fourth-order valence-corrected chi connectivity index (χ4v) is 3.19. The Morgan fingerprint density at radius 1 is 1.04 bits per heavy atom. The SMILES string of the molecule is Fc1ccc(Oc2ccnc(N3CCC(C4OCCO4)CC3)n2)cc1. The van der Waals surface area contributed by atoms with E-state index in [9.17, 15) is 4.39 Å². The van der Waals surface area contributed by atoms with E-state index in [1.807, 2.05) is 0 Å². The number of halogens is 1. The highest BCUT2D eigenvalue weighted by Crippen LogP contribution is 2.28. The number of ether oxygens (including phenoxy) is 3. The molecule has 3 heterocycles. The van der Waals surface area contributed by atoms with Crippen molar-refractivity contribution in [2.45, 2.75) is 19.1 Å². The van der Waals surface area contributed by atoms with Gasteiger partial charge in [-0.1, -0.05) is 0 Å². The van der Waals surface area contributed by atoms with Crippen molar-refractivity contribution in [2.24, 2.45) is 5.92 Å². The van der Waals surface area contributed by atoms with Crippen molar-refractivity contribution in [2.75, 3.05) is 31.2 Å². The third-order valence-corrected chi connectivity index (χ3v) is 4.51. The first-order valence-corrected chi connectivity index (χ1v) is 8.52. The summed E-state index contributed by atoms with van der Waals surface area (Å²) in [4.78, 5) is 11.0. The van der Waals surface area contributed by atoms with Gasteiger partial charge in [0.15, 0.2) is 6.29 Å². The van der Waals surface area contributed by atoms with Crippen molar-refractivity contribution < 1.29 is 18.6 Å². The maximum Gasteiger partial charge on any atom is 0.228 e. The van der Waals surface area contributed by atoms with Crippen LogP contribution in [0, 0.1) is 11.7 Å². The van der Waals surface area contributed by atoms with Gasteiger partial charge in [-0.25, -0.2) is 9.37 Å². The van der Waals surface area contributed by atoms with Crippen LogP contribution in [0.4, 0.5) is 10.3 Å². The van der Waals surface area contributed by atoms with E-state index in [0.29, 0.717) is 36.7 Å². The summed E-state index contributed by atoms with van der Waals surface area (Å²) in [7, 11) is 0. The van der Waals surface area contributed by atoms with Crippen LogP contribution in [-0.4, -0.2) is 42.6 Å². The van der Waals surface area contributed by atoms with Gasteiger partial charge >= 0.3 is 0 Å². The number of rotatable bonds is 4. The minimum atomic E-state index is -0.297. The Morgan fingerprint density at radius 2 is 1.76 bits per heavy atom. The molecule has 2 aromatic rings. The Morgan fingerprint density at radius 3 is 2.48 bits per heavy atom. The number of nitrogens with zero attached hydrogens (tertiary/aromatic N) is 3. The lowest BCUT2D eigenvalue weighted by molar-refractivity contribution is -0.0889. The van der Waals surface area contributed by atoms with Gasteiger partial charge in [-0.15, -0.1) is 0 Å². The minimum Gasteiger partial charge on any atom is -0.439 e. The molecule has 2 aliphatic rings. The van der Waals surface area contributed by atoms with Crippen LogP contribution in [0.15, 0.2) is 36.5 Å². The Labute approximate surface area is 145 Å². The molecule has 6 nitrogen and oxygen atoms in total. The molecule has 0 amide bonds. The quantitative estimate of drug-likeness (QED) is 0.849. The van der Waals surface area contributed by atoms with Crippen LogP contribution in [0.2, 0.25) is 0 Å². The molecule has 132 valence electrons. The molecule has 0 radical (unpaired) electrons. The summed E-state index contributed by atoms with van der Waals surface area (Å²) in [6.07, 6.45) is 3.58. The summed E-state index contributed by atoms with van der Waals surface area (Å²) in [5, 5.41) is 0. The Bertz CT molecular complexity index is 699. The van der Waals surface area contributed by atoms with E-state index in [1.54, 1.807) is 24.4 Å². The molecule has 1 aromatic heterocycles. The average molecular weight is 345 g/mol. The summed E-state index contributed by atoms with van der Waals surface area (Å²) >= 11 is 0. The lowest BCUT2D eigenvalue weighted by Crippen LogP contribution is -2.39. The highest BCUT2D eigenvalue weighted by molar-refractivity contribution is 5.34. The van der Waals surface area contributed by atoms with E-state index in [1.165, 1.54) is 12.1 Å². The molecule has 0 bridgehead atoms. The van der Waals surface area contributed by atoms with Crippen molar-refractivity contribution >= 4 is 5.95 Å². The van der Waals surface area contributed by atoms with Gasteiger partial charge in [0.05, 0.1) is 13.2 Å². The van der Waals surface area contributed by atoms with E-state index in [2.05, 4.69) is 14.9 Å². The summed E-state index contributed by atoms with van der Waals surface area (Å²) in [5.74, 6) is 1.76. The monoisotopic (exact) mass is 345 g/mol. The van der Waals surface area contributed by atoms with E-state index in [0.717, 1.165) is 25.9 Å². The molecule has 25 heavy (non-hydrogen) atoms. The second kappa shape index (κ2) is 7.33. The van der Waals surface area contributed by atoms with Crippen LogP contribution in [-0.2, 0) is 9.47 Å². The molecule has 1 aromatic carbocycles. The predicted molar refractivity (Wildman–Crippen MR) is 89.1 cm³/mol. The fraction of sp³-hybridized carbons (Fsp3) is 0.444. The topological polar surface area (TPSA) is 56.7 Å². The zero-order chi connectivity index (χ0) is 17.1. The van der Waals surface area contributed by atoms with Gasteiger partial charge in [-0.2, -0.15) is 4.98 Å². The maximum absolute atomic E-state index is 13.0. The number of anilines is 1. The van der Waals surface area contributed by atoms with Crippen molar-refractivity contribution in [1.29, 1.82) is 0 Å². The highest BCUT2D eigenvalue weighted by Gasteiger charge is 2.31. The molecule has 0 spiro atoms. The third kappa shape index (κ3) is 3.88. The first-order chi connectivity index (χ1) is 12.3. The van der Waals surface area contributed by atoms with Crippen LogP contribution in [0.1, 0.15) is 12.8 Å². The number of benzene rings is 1. The number of hydrogen-bond donors (Lipinski definition) is 0. The molecule has 0 unspecified atom stereocenters. The van der Waals surface area contributed by atoms with Crippen LogP contribution in [0.3, 0.4) is 0 Å². The first kappa shape index (κ1) is 16.2. The van der Waals surface area contributed by atoms with Crippen LogP contribution >= 0.6 is 0 Å². The first-order valence-electron chi connectivity index (χ1n) is 8.52. The van der Waals surface area contributed by atoms with E-state index >= 15 is 0 Å². The molecule has 4 rings (SSSR count). The summed E-state index contributed by atoms with van der Waals surface area (Å²) < 4.78 is 29.9. The van der Waals surface area contributed by atoms with E-state index < -0.39 is 0 Å². The normalized spacial score (nSPS) is 19.3. The second-order valence-corrected chi connectivity index (χ2v) is 6.19. The van der Waals surface area contributed by atoms with Crippen molar-refractivity contribution in [1.82, 2.24) is 9.97 Å². The second-order valence-electron chi connectivity index (χ2n) is 6.19. The Balaban J connectivity index is 1.39. The van der Waals surface area contributed by atoms with Gasteiger partial charge in [-0.3, -0.25) is 0 Å². The molecule has 2 saturated heterocycles. The van der Waals surface area contributed by atoms with Gasteiger partial charge < -0.3 is 19.1 Å². The predicted octanol–water partition coefficient (Wildman–Crippen LogP) is 3.00. The number of hydrogen-bond acceptors (Lipinski definition) is 6. The van der Waals surface area contributed by atoms with E-state index in [4.69, 9.17) is 14.2 Å². The molecule has 0 aliphatic carbocycles. The molecule has 0 N–H and O–H groups in total. The van der Waals surface area contributed by atoms with Gasteiger partial charge in [0, 0.05) is 31.3 Å². The van der Waals surface area contributed by atoms with E-state index in [-0.39, 0.29) is 12.1 Å². The maximum atomic E-state index is 13.0. The van der Waals surface area contributed by atoms with Crippen LogP contribution < -0.4 is 9.64 Å². The molecule has 0 atom stereocenters. The van der Waals surface area contributed by atoms with Crippen LogP contribution in [0.25, 0.3) is 0 Å². The highest BCUT2D eigenvalue weighted by atomic mass is 19.1. The third-order valence-electron chi connectivity index (χ3n) is 4.51. The average Bonchev–Trinajstić information content (AvgIpc) is 3.19. The summed E-state index contributed by atoms with van der Waals surface area (Å²) in [6.45, 7) is 3.09. The standard InChI is InChI=1S/C18H20FN3O3/c19-14-1-3-15(4-2-14)25-16-5-8-20-18(21-16)22-9-6-13(7-10-22)17-23-11-12-24-17/h1-5,8,13,17H,6-7,9-12H2. The van der Waals surface area contributed by atoms with Gasteiger partial charge in [0.25, 0.3) is 0 Å². The van der Waals surface area contributed by atoms with Crippen molar-refractivity contribution in [3.05, 3.63) is 42.3 Å². The van der Waals surface area contributed by atoms with Gasteiger partial charge in [0.1, 0.15) is 11.6 Å². The van der Waals surface area contributed by atoms with Gasteiger partial charge in [-0.05, 0) is 37.1 Å². The molecule has 0 saturated carbocycles. The Hall–Kier alpha value is -2.25. The molecule has 7 heteroatoms. The number of aromatic nitrogens is 2. The molecular weight excluding hydrogens is 325 g/mol. The fourth-order valence-electron chi connectivity index (χ4n) is 3.19. The summed E-state index contributed by atoms with van der Waals surface area (Å²) in [5.41, 5.74) is 0. The zero-order valence-corrected chi connectivity index (χ0v) is 13.8. The largest absolute Gasteiger partial charge is 0.439 e.